The number of nitrogens with one attached hydrogen (secondary N) is 1. The van der Waals surface area contributed by atoms with Gasteiger partial charge in [-0.1, -0.05) is 12.1 Å². The molecule has 0 unspecified atom stereocenters. The molecule has 2 aromatic heterocycles. The van der Waals surface area contributed by atoms with Crippen molar-refractivity contribution < 1.29 is 22.3 Å². The molecule has 3 aromatic rings. The topological polar surface area (TPSA) is 78.2 Å². The molecule has 1 aromatic carbocycles. The number of hydrogen-bond donors (Lipinski definition) is 1. The first-order chi connectivity index (χ1) is 16.0. The van der Waals surface area contributed by atoms with Crippen LogP contribution in [0.4, 0.5) is 23.4 Å². The first-order valence-electron chi connectivity index (χ1n) is 10.9. The highest BCUT2D eigenvalue weighted by molar-refractivity contribution is 5.90. The Hall–Kier alpha value is -3.37. The van der Waals surface area contributed by atoms with Crippen molar-refractivity contribution in [1.82, 2.24) is 14.3 Å². The summed E-state index contributed by atoms with van der Waals surface area (Å²) in [6, 6.07) is 4.93. The van der Waals surface area contributed by atoms with Crippen molar-refractivity contribution in [2.45, 2.75) is 50.1 Å². The molecule has 0 radical (unpaired) electrons. The second-order valence-corrected chi connectivity index (χ2v) is 8.88. The monoisotopic (exact) mass is 478 g/mol. The van der Waals surface area contributed by atoms with Crippen LogP contribution in [-0.4, -0.2) is 27.4 Å². The molecule has 0 amide bonds. The number of rotatable bonds is 5. The molecule has 180 valence electrons. The molecule has 3 heterocycles. The van der Waals surface area contributed by atoms with E-state index in [0.29, 0.717) is 5.56 Å². The average molecular weight is 478 g/mol. The molecule has 1 aliphatic carbocycles. The molecule has 0 saturated heterocycles. The Kier molecular flexibility index (Phi) is 4.99. The number of hydrogen-bond acceptors (Lipinski definition) is 5. The van der Waals surface area contributed by atoms with Gasteiger partial charge in [-0.2, -0.15) is 5.10 Å². The zero-order valence-corrected chi connectivity index (χ0v) is 18.4. The molecule has 0 bridgehead atoms. The van der Waals surface area contributed by atoms with Crippen molar-refractivity contribution >= 4 is 16.6 Å². The largest absolute Gasteiger partial charge is 0.492 e. The minimum absolute atomic E-state index is 0.0244. The maximum absolute atomic E-state index is 14.4. The van der Waals surface area contributed by atoms with Gasteiger partial charge < -0.3 is 14.6 Å². The molecule has 34 heavy (non-hydrogen) atoms. The van der Waals surface area contributed by atoms with Crippen LogP contribution in [0.25, 0.3) is 10.8 Å². The van der Waals surface area contributed by atoms with Crippen molar-refractivity contribution in [1.29, 1.82) is 0 Å². The van der Waals surface area contributed by atoms with Gasteiger partial charge in [-0.25, -0.2) is 22.2 Å². The Morgan fingerprint density at radius 1 is 1.15 bits per heavy atom. The number of fused-ring (bicyclic) bond motifs is 2. The third-order valence-corrected chi connectivity index (χ3v) is 6.65. The maximum atomic E-state index is 14.4. The van der Waals surface area contributed by atoms with Gasteiger partial charge in [0.1, 0.15) is 11.3 Å². The summed E-state index contributed by atoms with van der Waals surface area (Å²) in [7, 11) is 1.40. The summed E-state index contributed by atoms with van der Waals surface area (Å²) < 4.78 is 63.8. The first-order valence-corrected chi connectivity index (χ1v) is 10.9. The Balaban J connectivity index is 1.62. The minimum atomic E-state index is -3.02. The summed E-state index contributed by atoms with van der Waals surface area (Å²) in [5, 5.41) is 7.54. The van der Waals surface area contributed by atoms with E-state index in [0.717, 1.165) is 15.3 Å². The van der Waals surface area contributed by atoms with Crippen molar-refractivity contribution in [2.24, 2.45) is 7.05 Å². The Labute approximate surface area is 191 Å². The van der Waals surface area contributed by atoms with Crippen LogP contribution >= 0.6 is 0 Å². The Bertz CT molecular complexity index is 1410. The summed E-state index contributed by atoms with van der Waals surface area (Å²) in [4.78, 5) is 25.3. The van der Waals surface area contributed by atoms with Crippen LogP contribution in [0.15, 0.2) is 40.1 Å². The molecule has 2 aliphatic rings. The van der Waals surface area contributed by atoms with Crippen LogP contribution in [0, 0.1) is 0 Å². The predicted octanol–water partition coefficient (Wildman–Crippen LogP) is 3.90. The van der Waals surface area contributed by atoms with E-state index in [9.17, 15) is 27.2 Å². The number of aromatic nitrogens is 3. The summed E-state index contributed by atoms with van der Waals surface area (Å²) in [6.45, 7) is 1.58. The van der Waals surface area contributed by atoms with E-state index in [1.807, 2.05) is 0 Å². The number of pyridine rings is 1. The zero-order valence-electron chi connectivity index (χ0n) is 18.4. The number of aryl methyl sites for hydroxylation is 1. The smallest absolute Gasteiger partial charge is 0.280 e. The van der Waals surface area contributed by atoms with Gasteiger partial charge in [-0.05, 0) is 25.8 Å². The molecular weight excluding hydrogens is 456 g/mol. The van der Waals surface area contributed by atoms with Gasteiger partial charge in [0.05, 0.1) is 30.0 Å². The molecule has 1 fully saturated rings. The minimum Gasteiger partial charge on any atom is -0.492 e. The standard InChI is InChI=1S/C23H22F4N4O3/c1-12(13-4-3-5-16-18(13)34-9-8-23(16,26)27)28-19-15-11-31(22(6-7-22)21(24)25)17(32)10-14(15)20(33)30(2)29-19/h3-5,10-12,21H,6-9H2,1-2H3,(H,28,29)/t12-/m1/s1. The van der Waals surface area contributed by atoms with Crippen LogP contribution in [0.2, 0.25) is 0 Å². The van der Waals surface area contributed by atoms with Gasteiger partial charge in [-0.3, -0.25) is 9.59 Å². The molecule has 5 rings (SSSR count). The molecule has 1 N–H and O–H groups in total. The summed E-state index contributed by atoms with van der Waals surface area (Å²) >= 11 is 0. The number of para-hydroxylation sites is 1. The summed E-state index contributed by atoms with van der Waals surface area (Å²) in [5.41, 5.74) is -2.59. The van der Waals surface area contributed by atoms with Gasteiger partial charge in [-0.15, -0.1) is 0 Å². The lowest BCUT2D eigenvalue weighted by Crippen LogP contribution is -2.36. The number of halogens is 4. The molecule has 1 saturated carbocycles. The van der Waals surface area contributed by atoms with Crippen LogP contribution in [-0.2, 0) is 18.5 Å². The molecule has 0 spiro atoms. The van der Waals surface area contributed by atoms with Gasteiger partial charge in [0.25, 0.3) is 23.5 Å². The Morgan fingerprint density at radius 3 is 2.56 bits per heavy atom. The highest BCUT2D eigenvalue weighted by Gasteiger charge is 2.53. The van der Waals surface area contributed by atoms with E-state index < -0.39 is 41.5 Å². The molecule has 7 nitrogen and oxygen atoms in total. The number of benzene rings is 1. The van der Waals surface area contributed by atoms with Gasteiger partial charge in [0.15, 0.2) is 5.82 Å². The highest BCUT2D eigenvalue weighted by atomic mass is 19.3. The van der Waals surface area contributed by atoms with Gasteiger partial charge >= 0.3 is 0 Å². The average Bonchev–Trinajstić information content (AvgIpc) is 3.58. The van der Waals surface area contributed by atoms with Crippen molar-refractivity contribution in [3.05, 3.63) is 62.3 Å². The fraction of sp³-hybridized carbons (Fsp3) is 0.435. The van der Waals surface area contributed by atoms with E-state index in [-0.39, 0.29) is 47.4 Å². The highest BCUT2D eigenvalue weighted by Crippen LogP contribution is 2.48. The van der Waals surface area contributed by atoms with Crippen LogP contribution < -0.4 is 21.2 Å². The lowest BCUT2D eigenvalue weighted by atomic mass is 9.96. The number of ether oxygens (including phenoxy) is 1. The number of nitrogens with zero attached hydrogens (tertiary/aromatic N) is 3. The molecule has 11 heteroatoms. The summed E-state index contributed by atoms with van der Waals surface area (Å²) in [6.07, 6.45) is -1.62. The predicted molar refractivity (Wildman–Crippen MR) is 117 cm³/mol. The van der Waals surface area contributed by atoms with Gasteiger partial charge in [0, 0.05) is 30.3 Å². The summed E-state index contributed by atoms with van der Waals surface area (Å²) in [5.74, 6) is -2.78. The van der Waals surface area contributed by atoms with E-state index in [4.69, 9.17) is 4.74 Å². The quantitative estimate of drug-likeness (QED) is 0.563. The molecule has 1 atom stereocenters. The van der Waals surface area contributed by atoms with Crippen LogP contribution in [0.5, 0.6) is 5.75 Å². The van der Waals surface area contributed by atoms with Crippen molar-refractivity contribution in [2.75, 3.05) is 11.9 Å². The third kappa shape index (κ3) is 3.36. The molecule has 1 aliphatic heterocycles. The van der Waals surface area contributed by atoms with Crippen molar-refractivity contribution in [3.63, 3.8) is 0 Å². The lowest BCUT2D eigenvalue weighted by Gasteiger charge is -2.29. The number of anilines is 1. The van der Waals surface area contributed by atoms with Crippen LogP contribution in [0.1, 0.15) is 43.4 Å². The van der Waals surface area contributed by atoms with E-state index >= 15 is 0 Å². The molecular formula is C23H22F4N4O3. The first kappa shape index (κ1) is 22.4. The Morgan fingerprint density at radius 2 is 1.88 bits per heavy atom. The van der Waals surface area contributed by atoms with E-state index in [2.05, 4.69) is 10.4 Å². The van der Waals surface area contributed by atoms with Crippen molar-refractivity contribution in [3.8, 4) is 5.75 Å². The third-order valence-electron chi connectivity index (χ3n) is 6.65. The fourth-order valence-electron chi connectivity index (χ4n) is 4.51. The SMILES string of the molecule is C[C@@H](Nc1nn(C)c(=O)c2cc(=O)n(C3(C(F)F)CC3)cc12)c1cccc2c1OCCC2(F)F. The fourth-order valence-corrected chi connectivity index (χ4v) is 4.51. The van der Waals surface area contributed by atoms with Crippen LogP contribution in [0.3, 0.4) is 0 Å². The number of alkyl halides is 4. The van der Waals surface area contributed by atoms with E-state index in [1.54, 1.807) is 13.0 Å². The zero-order chi connectivity index (χ0) is 24.4. The van der Waals surface area contributed by atoms with Gasteiger partial charge in [0.2, 0.25) is 0 Å². The second kappa shape index (κ2) is 7.57. The lowest BCUT2D eigenvalue weighted by molar-refractivity contribution is -0.0408. The maximum Gasteiger partial charge on any atom is 0.280 e. The van der Waals surface area contributed by atoms with E-state index in [1.165, 1.54) is 25.4 Å². The normalized spacial score (nSPS) is 18.9. The second-order valence-electron chi connectivity index (χ2n) is 8.88.